The second-order valence-corrected chi connectivity index (χ2v) is 5.78. The van der Waals surface area contributed by atoms with Gasteiger partial charge in [0.2, 0.25) is 0 Å². The number of hydrogen-bond donors (Lipinski definition) is 0. The van der Waals surface area contributed by atoms with Crippen molar-refractivity contribution >= 4 is 33.6 Å². The average Bonchev–Trinajstić information content (AvgIpc) is 2.84. The van der Waals surface area contributed by atoms with Crippen LogP contribution in [0.3, 0.4) is 0 Å². The van der Waals surface area contributed by atoms with E-state index in [0.717, 1.165) is 4.47 Å². The Morgan fingerprint density at radius 2 is 1.84 bits per heavy atom. The molecular weight excluding hydrogens is 390 g/mol. The zero-order valence-corrected chi connectivity index (χ0v) is 15.7. The van der Waals surface area contributed by atoms with Crippen LogP contribution in [0.15, 0.2) is 58.4 Å². The van der Waals surface area contributed by atoms with Crippen LogP contribution in [0.2, 0.25) is 0 Å². The minimum atomic E-state index is -0.668. The number of carbonyl (C=O) groups is 2. The Kier molecular flexibility index (Phi) is 6.41. The third-order valence-electron chi connectivity index (χ3n) is 3.37. The van der Waals surface area contributed by atoms with Crippen molar-refractivity contribution in [1.29, 1.82) is 0 Å². The first-order chi connectivity index (χ1) is 12.0. The Labute approximate surface area is 154 Å². The van der Waals surface area contributed by atoms with Crippen LogP contribution in [0.4, 0.5) is 5.69 Å². The number of halogens is 1. The molecule has 0 aromatic heterocycles. The molecule has 1 aliphatic rings. The summed E-state index contributed by atoms with van der Waals surface area (Å²) in [6.07, 6.45) is 6.51. The van der Waals surface area contributed by atoms with E-state index in [1.807, 2.05) is 13.0 Å². The van der Waals surface area contributed by atoms with Crippen molar-refractivity contribution in [3.8, 4) is 5.75 Å². The lowest BCUT2D eigenvalue weighted by atomic mass is 10.1. The molecule has 0 aliphatic carbocycles. The second kappa shape index (κ2) is 8.53. The van der Waals surface area contributed by atoms with Gasteiger partial charge in [-0.15, -0.1) is 0 Å². The van der Waals surface area contributed by atoms with Crippen LogP contribution >= 0.6 is 15.9 Å². The highest BCUT2D eigenvalue weighted by Crippen LogP contribution is 2.36. The summed E-state index contributed by atoms with van der Waals surface area (Å²) in [6, 6.07) is 5.40. The number of methoxy groups -OCH3 is 2. The fourth-order valence-electron chi connectivity index (χ4n) is 2.31. The van der Waals surface area contributed by atoms with Gasteiger partial charge in [-0.1, -0.05) is 22.0 Å². The first kappa shape index (κ1) is 18.8. The van der Waals surface area contributed by atoms with Gasteiger partial charge in [0.15, 0.2) is 0 Å². The van der Waals surface area contributed by atoms with Gasteiger partial charge in [0.05, 0.1) is 32.1 Å². The lowest BCUT2D eigenvalue weighted by molar-refractivity contribution is -0.139. The fourth-order valence-corrected chi connectivity index (χ4v) is 2.66. The number of esters is 2. The van der Waals surface area contributed by atoms with Gasteiger partial charge < -0.3 is 19.1 Å². The SMILES string of the molecule is CCOc1ccc(Br)cc1N1C=CC=CC(C(=O)OC)=C1C(=O)OC. The number of allylic oxidation sites excluding steroid dienone is 2. The summed E-state index contributed by atoms with van der Waals surface area (Å²) < 4.78 is 16.1. The molecule has 25 heavy (non-hydrogen) atoms. The summed E-state index contributed by atoms with van der Waals surface area (Å²) in [7, 11) is 2.51. The molecule has 0 fully saturated rings. The van der Waals surface area contributed by atoms with E-state index in [4.69, 9.17) is 14.2 Å². The Bertz CT molecular complexity index is 767. The quantitative estimate of drug-likeness (QED) is 0.697. The molecular formula is C18H18BrNO5. The van der Waals surface area contributed by atoms with Gasteiger partial charge in [-0.3, -0.25) is 0 Å². The van der Waals surface area contributed by atoms with E-state index in [9.17, 15) is 9.59 Å². The number of nitrogens with zero attached hydrogens (tertiary/aromatic N) is 1. The molecule has 1 aliphatic heterocycles. The van der Waals surface area contributed by atoms with Gasteiger partial charge in [0, 0.05) is 10.7 Å². The van der Waals surface area contributed by atoms with Gasteiger partial charge in [-0.25, -0.2) is 9.59 Å². The Balaban J connectivity index is 2.71. The fraction of sp³-hybridized carbons (Fsp3) is 0.222. The van der Waals surface area contributed by atoms with Crippen LogP contribution < -0.4 is 9.64 Å². The molecule has 2 rings (SSSR count). The molecule has 0 atom stereocenters. The summed E-state index contributed by atoms with van der Waals surface area (Å²) >= 11 is 3.42. The maximum absolute atomic E-state index is 12.4. The smallest absolute Gasteiger partial charge is 0.355 e. The number of rotatable bonds is 5. The first-order valence-electron chi connectivity index (χ1n) is 7.50. The maximum Gasteiger partial charge on any atom is 0.355 e. The molecule has 0 saturated carbocycles. The van der Waals surface area contributed by atoms with Crippen LogP contribution in [0.1, 0.15) is 6.92 Å². The van der Waals surface area contributed by atoms with Crippen molar-refractivity contribution < 1.29 is 23.8 Å². The summed E-state index contributed by atoms with van der Waals surface area (Å²) in [5.74, 6) is -0.750. The highest BCUT2D eigenvalue weighted by Gasteiger charge is 2.29. The van der Waals surface area contributed by atoms with E-state index < -0.39 is 11.9 Å². The van der Waals surface area contributed by atoms with Crippen LogP contribution in [0, 0.1) is 0 Å². The number of ether oxygens (including phenoxy) is 3. The molecule has 0 bridgehead atoms. The summed E-state index contributed by atoms with van der Waals surface area (Å²) in [5, 5.41) is 0. The van der Waals surface area contributed by atoms with Crippen molar-refractivity contribution in [2.45, 2.75) is 6.92 Å². The monoisotopic (exact) mass is 407 g/mol. The minimum Gasteiger partial charge on any atom is -0.492 e. The van der Waals surface area contributed by atoms with Crippen LogP contribution in [0.25, 0.3) is 0 Å². The molecule has 0 amide bonds. The van der Waals surface area contributed by atoms with Gasteiger partial charge in [0.1, 0.15) is 11.4 Å². The number of benzene rings is 1. The predicted molar refractivity (Wildman–Crippen MR) is 97.1 cm³/mol. The Morgan fingerprint density at radius 3 is 2.48 bits per heavy atom. The minimum absolute atomic E-state index is 0.0402. The summed E-state index contributed by atoms with van der Waals surface area (Å²) in [5.41, 5.74) is 0.707. The van der Waals surface area contributed by atoms with Gasteiger partial charge >= 0.3 is 11.9 Å². The first-order valence-corrected chi connectivity index (χ1v) is 8.30. The molecule has 1 aromatic rings. The molecule has 0 N–H and O–H groups in total. The van der Waals surface area contributed by atoms with Crippen LogP contribution in [-0.2, 0) is 19.1 Å². The van der Waals surface area contributed by atoms with Gasteiger partial charge in [-0.2, -0.15) is 0 Å². The van der Waals surface area contributed by atoms with Crippen molar-refractivity contribution in [2.75, 3.05) is 25.7 Å². The van der Waals surface area contributed by atoms with Crippen molar-refractivity contribution in [2.24, 2.45) is 0 Å². The topological polar surface area (TPSA) is 65.1 Å². The van der Waals surface area contributed by atoms with Crippen LogP contribution in [0.5, 0.6) is 5.75 Å². The van der Waals surface area contributed by atoms with Gasteiger partial charge in [-0.05, 0) is 37.3 Å². The van der Waals surface area contributed by atoms with Crippen molar-refractivity contribution in [1.82, 2.24) is 0 Å². The number of anilines is 1. The number of hydrogen-bond acceptors (Lipinski definition) is 6. The number of carbonyl (C=O) groups excluding carboxylic acids is 2. The molecule has 6 nitrogen and oxygen atoms in total. The molecule has 7 heteroatoms. The highest BCUT2D eigenvalue weighted by molar-refractivity contribution is 9.10. The zero-order valence-electron chi connectivity index (χ0n) is 14.1. The van der Waals surface area contributed by atoms with E-state index >= 15 is 0 Å². The Morgan fingerprint density at radius 1 is 1.12 bits per heavy atom. The molecule has 0 radical (unpaired) electrons. The van der Waals surface area contributed by atoms with E-state index in [1.54, 1.807) is 35.4 Å². The van der Waals surface area contributed by atoms with Crippen LogP contribution in [-0.4, -0.2) is 32.8 Å². The van der Waals surface area contributed by atoms with E-state index in [2.05, 4.69) is 15.9 Å². The molecule has 1 aromatic carbocycles. The summed E-state index contributed by atoms with van der Waals surface area (Å²) in [4.78, 5) is 26.2. The zero-order chi connectivity index (χ0) is 18.4. The van der Waals surface area contributed by atoms with Crippen molar-refractivity contribution in [3.05, 3.63) is 58.4 Å². The maximum atomic E-state index is 12.4. The lowest BCUT2D eigenvalue weighted by Crippen LogP contribution is -2.27. The molecule has 132 valence electrons. The lowest BCUT2D eigenvalue weighted by Gasteiger charge is -2.25. The molecule has 0 saturated heterocycles. The van der Waals surface area contributed by atoms with Gasteiger partial charge in [0.25, 0.3) is 0 Å². The normalized spacial score (nSPS) is 13.5. The predicted octanol–water partition coefficient (Wildman–Crippen LogP) is 3.34. The molecule has 0 unspecified atom stereocenters. The Hall–Kier alpha value is -2.54. The highest BCUT2D eigenvalue weighted by atomic mass is 79.9. The second-order valence-electron chi connectivity index (χ2n) is 4.86. The third-order valence-corrected chi connectivity index (χ3v) is 3.86. The summed E-state index contributed by atoms with van der Waals surface area (Å²) in [6.45, 7) is 2.31. The molecule has 0 spiro atoms. The van der Waals surface area contributed by atoms with E-state index in [-0.39, 0.29) is 11.3 Å². The average molecular weight is 408 g/mol. The third kappa shape index (κ3) is 4.11. The standard InChI is InChI=1S/C18H18BrNO5/c1-4-25-15-9-8-12(19)11-14(15)20-10-6-5-7-13(17(21)23-2)16(20)18(22)24-3/h5-11H,4H2,1-3H3. The van der Waals surface area contributed by atoms with Crippen molar-refractivity contribution in [3.63, 3.8) is 0 Å². The van der Waals surface area contributed by atoms with E-state index in [0.29, 0.717) is 18.0 Å². The van der Waals surface area contributed by atoms with E-state index in [1.165, 1.54) is 20.3 Å². The molecule has 1 heterocycles. The largest absolute Gasteiger partial charge is 0.492 e.